The Morgan fingerprint density at radius 2 is 1.68 bits per heavy atom. The molecule has 4 heteroatoms. The largest absolute Gasteiger partial charge is 0.483 e. The number of carbonyl (C=O) groups is 1. The van der Waals surface area contributed by atoms with Gasteiger partial charge in [-0.05, 0) is 56.5 Å². The SMILES string of the molecule is Cc1cc(C)c(OCC(=O)Nc2ccc(C)cc2F)c(C)c1. The van der Waals surface area contributed by atoms with Gasteiger partial charge < -0.3 is 10.1 Å². The van der Waals surface area contributed by atoms with Crippen molar-refractivity contribution in [3.63, 3.8) is 0 Å². The van der Waals surface area contributed by atoms with Crippen LogP contribution in [0.4, 0.5) is 10.1 Å². The third kappa shape index (κ3) is 3.85. The van der Waals surface area contributed by atoms with E-state index in [-0.39, 0.29) is 18.2 Å². The van der Waals surface area contributed by atoms with Crippen molar-refractivity contribution < 1.29 is 13.9 Å². The molecule has 0 fully saturated rings. The number of nitrogens with one attached hydrogen (secondary N) is 1. The highest BCUT2D eigenvalue weighted by Gasteiger charge is 2.10. The number of halogens is 1. The fourth-order valence-electron chi connectivity index (χ4n) is 2.44. The summed E-state index contributed by atoms with van der Waals surface area (Å²) in [4.78, 5) is 11.9. The highest BCUT2D eigenvalue weighted by atomic mass is 19.1. The van der Waals surface area contributed by atoms with Gasteiger partial charge in [0, 0.05) is 0 Å². The fourth-order valence-corrected chi connectivity index (χ4v) is 2.44. The lowest BCUT2D eigenvalue weighted by molar-refractivity contribution is -0.118. The van der Waals surface area contributed by atoms with E-state index in [2.05, 4.69) is 5.32 Å². The van der Waals surface area contributed by atoms with Crippen LogP contribution in [0, 0.1) is 33.5 Å². The van der Waals surface area contributed by atoms with Gasteiger partial charge >= 0.3 is 0 Å². The van der Waals surface area contributed by atoms with E-state index in [0.717, 1.165) is 22.3 Å². The second kappa shape index (κ2) is 6.60. The predicted molar refractivity (Wildman–Crippen MR) is 85.9 cm³/mol. The molecule has 0 saturated carbocycles. The number of hydrogen-bond acceptors (Lipinski definition) is 2. The lowest BCUT2D eigenvalue weighted by Gasteiger charge is -2.13. The zero-order chi connectivity index (χ0) is 16.3. The van der Waals surface area contributed by atoms with E-state index in [9.17, 15) is 9.18 Å². The summed E-state index contributed by atoms with van der Waals surface area (Å²) in [6.45, 7) is 7.52. The zero-order valence-electron chi connectivity index (χ0n) is 13.3. The number of aryl methyl sites for hydroxylation is 4. The van der Waals surface area contributed by atoms with Crippen molar-refractivity contribution in [3.05, 3.63) is 58.4 Å². The molecule has 0 radical (unpaired) electrons. The second-order valence-electron chi connectivity index (χ2n) is 5.55. The van der Waals surface area contributed by atoms with E-state index in [0.29, 0.717) is 5.75 Å². The number of anilines is 1. The van der Waals surface area contributed by atoms with Crippen LogP contribution in [0.25, 0.3) is 0 Å². The lowest BCUT2D eigenvalue weighted by Crippen LogP contribution is -2.21. The van der Waals surface area contributed by atoms with Gasteiger partial charge in [0.25, 0.3) is 5.91 Å². The van der Waals surface area contributed by atoms with Gasteiger partial charge in [0.15, 0.2) is 6.61 Å². The number of rotatable bonds is 4. The summed E-state index contributed by atoms with van der Waals surface area (Å²) in [5.41, 5.74) is 4.07. The number of ether oxygens (including phenoxy) is 1. The van der Waals surface area contributed by atoms with Crippen molar-refractivity contribution in [3.8, 4) is 5.75 Å². The van der Waals surface area contributed by atoms with Crippen molar-refractivity contribution in [1.82, 2.24) is 0 Å². The van der Waals surface area contributed by atoms with E-state index in [4.69, 9.17) is 4.74 Å². The van der Waals surface area contributed by atoms with Crippen molar-refractivity contribution in [2.75, 3.05) is 11.9 Å². The Balaban J connectivity index is 2.02. The van der Waals surface area contributed by atoms with Gasteiger partial charge in [0.1, 0.15) is 11.6 Å². The average Bonchev–Trinajstić information content (AvgIpc) is 2.40. The van der Waals surface area contributed by atoms with Crippen molar-refractivity contribution >= 4 is 11.6 Å². The lowest BCUT2D eigenvalue weighted by atomic mass is 10.1. The van der Waals surface area contributed by atoms with Gasteiger partial charge in [-0.3, -0.25) is 4.79 Å². The zero-order valence-corrected chi connectivity index (χ0v) is 13.3. The third-order valence-corrected chi connectivity index (χ3v) is 3.35. The Labute approximate surface area is 130 Å². The summed E-state index contributed by atoms with van der Waals surface area (Å²) in [6, 6.07) is 8.67. The maximum Gasteiger partial charge on any atom is 0.262 e. The smallest absolute Gasteiger partial charge is 0.262 e. The van der Waals surface area contributed by atoms with E-state index >= 15 is 0 Å². The molecular weight excluding hydrogens is 281 g/mol. The van der Waals surface area contributed by atoms with Crippen LogP contribution in [0.5, 0.6) is 5.75 Å². The van der Waals surface area contributed by atoms with Crippen LogP contribution in [0.15, 0.2) is 30.3 Å². The van der Waals surface area contributed by atoms with Crippen LogP contribution in [0.3, 0.4) is 0 Å². The monoisotopic (exact) mass is 301 g/mol. The highest BCUT2D eigenvalue weighted by molar-refractivity contribution is 5.92. The quantitative estimate of drug-likeness (QED) is 0.924. The molecule has 0 bridgehead atoms. The van der Waals surface area contributed by atoms with Gasteiger partial charge in [-0.1, -0.05) is 23.8 Å². The average molecular weight is 301 g/mol. The van der Waals surface area contributed by atoms with Gasteiger partial charge in [-0.2, -0.15) is 0 Å². The fraction of sp³-hybridized carbons (Fsp3) is 0.278. The Kier molecular flexibility index (Phi) is 4.81. The first-order chi connectivity index (χ1) is 10.4. The van der Waals surface area contributed by atoms with Crippen molar-refractivity contribution in [2.45, 2.75) is 27.7 Å². The van der Waals surface area contributed by atoms with Gasteiger partial charge in [0.2, 0.25) is 0 Å². The molecule has 116 valence electrons. The van der Waals surface area contributed by atoms with E-state index in [1.165, 1.54) is 6.07 Å². The molecule has 0 aliphatic rings. The van der Waals surface area contributed by atoms with E-state index in [1.54, 1.807) is 19.1 Å². The highest BCUT2D eigenvalue weighted by Crippen LogP contribution is 2.24. The maximum absolute atomic E-state index is 13.7. The summed E-state index contributed by atoms with van der Waals surface area (Å²) in [6.07, 6.45) is 0. The Bertz CT molecular complexity index is 687. The van der Waals surface area contributed by atoms with Crippen LogP contribution < -0.4 is 10.1 Å². The normalized spacial score (nSPS) is 10.4. The minimum atomic E-state index is -0.448. The van der Waals surface area contributed by atoms with Crippen LogP contribution in [0.1, 0.15) is 22.3 Å². The summed E-state index contributed by atoms with van der Waals surface area (Å²) >= 11 is 0. The predicted octanol–water partition coefficient (Wildman–Crippen LogP) is 4.08. The number of hydrogen-bond donors (Lipinski definition) is 1. The van der Waals surface area contributed by atoms with Crippen molar-refractivity contribution in [2.24, 2.45) is 0 Å². The molecule has 1 N–H and O–H groups in total. The summed E-state index contributed by atoms with van der Waals surface area (Å²) < 4.78 is 19.3. The van der Waals surface area contributed by atoms with Crippen molar-refractivity contribution in [1.29, 1.82) is 0 Å². The Morgan fingerprint density at radius 1 is 1.05 bits per heavy atom. The summed E-state index contributed by atoms with van der Waals surface area (Å²) in [5, 5.41) is 2.52. The van der Waals surface area contributed by atoms with Crippen LogP contribution in [-0.4, -0.2) is 12.5 Å². The molecule has 2 aromatic rings. The van der Waals surface area contributed by atoms with Crippen LogP contribution in [0.2, 0.25) is 0 Å². The molecule has 2 aromatic carbocycles. The molecule has 0 unspecified atom stereocenters. The molecule has 1 amide bonds. The first kappa shape index (κ1) is 16.0. The first-order valence-corrected chi connectivity index (χ1v) is 7.13. The maximum atomic E-state index is 13.7. The molecule has 3 nitrogen and oxygen atoms in total. The number of amides is 1. The third-order valence-electron chi connectivity index (χ3n) is 3.35. The van der Waals surface area contributed by atoms with E-state index < -0.39 is 5.82 Å². The minimum absolute atomic E-state index is 0.155. The van der Waals surface area contributed by atoms with Gasteiger partial charge in [-0.15, -0.1) is 0 Å². The van der Waals surface area contributed by atoms with Crippen LogP contribution in [-0.2, 0) is 4.79 Å². The summed E-state index contributed by atoms with van der Waals surface area (Å²) in [7, 11) is 0. The number of carbonyl (C=O) groups excluding carboxylic acids is 1. The molecule has 0 heterocycles. The molecule has 0 aliphatic heterocycles. The topological polar surface area (TPSA) is 38.3 Å². The molecule has 0 aliphatic carbocycles. The Morgan fingerprint density at radius 3 is 2.27 bits per heavy atom. The molecular formula is C18H20FNO2. The van der Waals surface area contributed by atoms with E-state index in [1.807, 2.05) is 32.9 Å². The standard InChI is InChI=1S/C18H20FNO2/c1-11-5-6-16(15(19)9-11)20-17(21)10-22-18-13(3)7-12(2)8-14(18)4/h5-9H,10H2,1-4H3,(H,20,21). The molecule has 0 spiro atoms. The minimum Gasteiger partial charge on any atom is -0.483 e. The number of benzene rings is 2. The summed E-state index contributed by atoms with van der Waals surface area (Å²) in [5.74, 6) is -0.136. The van der Waals surface area contributed by atoms with Gasteiger partial charge in [-0.25, -0.2) is 4.39 Å². The molecule has 0 atom stereocenters. The second-order valence-corrected chi connectivity index (χ2v) is 5.55. The molecule has 2 rings (SSSR count). The molecule has 22 heavy (non-hydrogen) atoms. The van der Waals surface area contributed by atoms with Crippen LogP contribution >= 0.6 is 0 Å². The first-order valence-electron chi connectivity index (χ1n) is 7.13. The molecule has 0 aromatic heterocycles. The molecule has 0 saturated heterocycles. The Hall–Kier alpha value is -2.36. The van der Waals surface area contributed by atoms with Gasteiger partial charge in [0.05, 0.1) is 5.69 Å².